The average Bonchev–Trinajstić information content (AvgIpc) is 2.54. The number of nitrogens with one attached hydrogen (secondary N) is 4. The Kier molecular flexibility index (Phi) is 9.88. The van der Waals surface area contributed by atoms with Gasteiger partial charge in [-0.25, -0.2) is 4.79 Å². The van der Waals surface area contributed by atoms with Crippen LogP contribution in [0.1, 0.15) is 6.42 Å². The fourth-order valence-electron chi connectivity index (χ4n) is 1.38. The Morgan fingerprint density at radius 1 is 0.800 bits per heavy atom. The van der Waals surface area contributed by atoms with Gasteiger partial charge in [-0.1, -0.05) is 0 Å². The lowest BCUT2D eigenvalue weighted by atomic mass is 10.2. The average molecular weight is 360 g/mol. The molecule has 0 rings (SSSR count). The molecule has 0 aromatic rings. The number of carbonyl (C=O) groups is 6. The fourth-order valence-corrected chi connectivity index (χ4v) is 1.38. The summed E-state index contributed by atoms with van der Waals surface area (Å²) < 4.78 is 0. The van der Waals surface area contributed by atoms with Gasteiger partial charge in [-0.05, 0) is 0 Å². The molecule has 0 aromatic heterocycles. The van der Waals surface area contributed by atoms with E-state index < -0.39 is 61.1 Å². The first-order chi connectivity index (χ1) is 11.6. The minimum atomic E-state index is -1.51. The van der Waals surface area contributed by atoms with Gasteiger partial charge in [0.05, 0.1) is 32.6 Å². The van der Waals surface area contributed by atoms with Crippen LogP contribution < -0.4 is 32.7 Å². The number of amides is 5. The maximum Gasteiger partial charge on any atom is 0.326 e. The lowest BCUT2D eigenvalue weighted by Crippen LogP contribution is -2.48. The van der Waals surface area contributed by atoms with Crippen molar-refractivity contribution in [1.29, 1.82) is 0 Å². The van der Waals surface area contributed by atoms with E-state index in [1.807, 2.05) is 5.32 Å². The van der Waals surface area contributed by atoms with Crippen LogP contribution in [0.5, 0.6) is 0 Å². The van der Waals surface area contributed by atoms with Crippen molar-refractivity contribution in [2.75, 3.05) is 26.2 Å². The predicted molar refractivity (Wildman–Crippen MR) is 81.5 cm³/mol. The van der Waals surface area contributed by atoms with Crippen LogP contribution >= 0.6 is 0 Å². The Hall–Kier alpha value is -3.22. The molecule has 0 aliphatic rings. The van der Waals surface area contributed by atoms with Crippen LogP contribution in [0, 0.1) is 0 Å². The molecule has 0 saturated carbocycles. The lowest BCUT2D eigenvalue weighted by molar-refractivity contribution is -0.143. The second kappa shape index (κ2) is 11.3. The molecule has 13 nitrogen and oxygen atoms in total. The summed E-state index contributed by atoms with van der Waals surface area (Å²) in [7, 11) is 0. The highest BCUT2D eigenvalue weighted by Gasteiger charge is 2.22. The molecule has 0 spiro atoms. The number of hydrogen-bond donors (Lipinski definition) is 7. The van der Waals surface area contributed by atoms with Crippen LogP contribution in [0.15, 0.2) is 0 Å². The zero-order valence-corrected chi connectivity index (χ0v) is 13.2. The van der Waals surface area contributed by atoms with Gasteiger partial charge in [0, 0.05) is 0 Å². The van der Waals surface area contributed by atoms with Gasteiger partial charge >= 0.3 is 5.97 Å². The smallest absolute Gasteiger partial charge is 0.326 e. The quantitative estimate of drug-likeness (QED) is 0.188. The molecule has 0 saturated heterocycles. The summed E-state index contributed by atoms with van der Waals surface area (Å²) in [4.78, 5) is 66.6. The van der Waals surface area contributed by atoms with Crippen molar-refractivity contribution in [3.8, 4) is 0 Å². The summed E-state index contributed by atoms with van der Waals surface area (Å²) in [6.07, 6.45) is -0.598. The molecular formula is C12H20N6O7. The van der Waals surface area contributed by atoms with Crippen molar-refractivity contribution in [2.45, 2.75) is 12.5 Å². The third-order valence-electron chi connectivity index (χ3n) is 2.56. The van der Waals surface area contributed by atoms with Gasteiger partial charge in [0.1, 0.15) is 6.04 Å². The van der Waals surface area contributed by atoms with E-state index in [9.17, 15) is 28.8 Å². The van der Waals surface area contributed by atoms with Crippen LogP contribution in [0.2, 0.25) is 0 Å². The number of aliphatic carboxylic acids is 1. The number of carboxylic acids is 1. The van der Waals surface area contributed by atoms with E-state index in [2.05, 4.69) is 16.0 Å². The summed E-state index contributed by atoms with van der Waals surface area (Å²) in [6, 6.07) is -1.51. The molecule has 5 amide bonds. The van der Waals surface area contributed by atoms with Crippen LogP contribution in [-0.2, 0) is 28.8 Å². The minimum absolute atomic E-state index is 0.282. The summed E-state index contributed by atoms with van der Waals surface area (Å²) in [5, 5.41) is 17.3. The van der Waals surface area contributed by atoms with E-state index >= 15 is 0 Å². The molecule has 9 N–H and O–H groups in total. The zero-order chi connectivity index (χ0) is 19.4. The maximum absolute atomic E-state index is 11.5. The van der Waals surface area contributed by atoms with Crippen LogP contribution in [0.25, 0.3) is 0 Å². The SMILES string of the molecule is NCC(=O)NCC(=O)NCC(=O)NCC(=O)N[C@@H](CC(N)=O)C(=O)O. The monoisotopic (exact) mass is 360 g/mol. The van der Waals surface area contributed by atoms with Gasteiger partial charge in [0.2, 0.25) is 29.5 Å². The van der Waals surface area contributed by atoms with Gasteiger partial charge < -0.3 is 37.8 Å². The van der Waals surface area contributed by atoms with Crippen molar-refractivity contribution in [2.24, 2.45) is 11.5 Å². The standard InChI is InChI=1S/C12H20N6O7/c13-2-8(20)15-3-9(21)16-4-10(22)17-5-11(23)18-6(12(24)25)1-7(14)19/h6H,1-5,13H2,(H2,14,19)(H,15,20)(H,16,21)(H,17,22)(H,18,23)(H,24,25)/t6-/m0/s1. The summed E-state index contributed by atoms with van der Waals surface area (Å²) in [5.74, 6) is -5.14. The van der Waals surface area contributed by atoms with E-state index in [-0.39, 0.29) is 13.1 Å². The molecule has 0 radical (unpaired) electrons. The topological polar surface area (TPSA) is 223 Å². The van der Waals surface area contributed by atoms with Crippen molar-refractivity contribution in [1.82, 2.24) is 21.3 Å². The fraction of sp³-hybridized carbons (Fsp3) is 0.500. The maximum atomic E-state index is 11.5. The van der Waals surface area contributed by atoms with Crippen molar-refractivity contribution < 1.29 is 33.9 Å². The zero-order valence-electron chi connectivity index (χ0n) is 13.2. The Morgan fingerprint density at radius 2 is 1.24 bits per heavy atom. The lowest BCUT2D eigenvalue weighted by Gasteiger charge is -2.13. The van der Waals surface area contributed by atoms with Gasteiger partial charge in [-0.15, -0.1) is 0 Å². The molecule has 0 aromatic carbocycles. The molecule has 13 heteroatoms. The first kappa shape index (κ1) is 21.8. The third-order valence-corrected chi connectivity index (χ3v) is 2.56. The Bertz CT molecular complexity index is 550. The molecule has 0 aliphatic carbocycles. The molecule has 0 heterocycles. The van der Waals surface area contributed by atoms with Crippen LogP contribution in [0.3, 0.4) is 0 Å². The number of carboxylic acid groups (broad SMARTS) is 1. The number of rotatable bonds is 11. The van der Waals surface area contributed by atoms with E-state index in [0.717, 1.165) is 0 Å². The number of nitrogens with two attached hydrogens (primary N) is 2. The van der Waals surface area contributed by atoms with E-state index in [4.69, 9.17) is 16.6 Å². The molecular weight excluding hydrogens is 340 g/mol. The number of carbonyl (C=O) groups excluding carboxylic acids is 5. The van der Waals surface area contributed by atoms with E-state index in [0.29, 0.717) is 0 Å². The second-order valence-corrected chi connectivity index (χ2v) is 4.66. The Balaban J connectivity index is 4.09. The summed E-state index contributed by atoms with van der Waals surface area (Å²) >= 11 is 0. The van der Waals surface area contributed by atoms with E-state index in [1.165, 1.54) is 0 Å². The summed E-state index contributed by atoms with van der Waals surface area (Å²) in [6.45, 7) is -1.68. The highest BCUT2D eigenvalue weighted by Crippen LogP contribution is 1.91. The van der Waals surface area contributed by atoms with Gasteiger partial charge in [0.15, 0.2) is 0 Å². The predicted octanol–water partition coefficient (Wildman–Crippen LogP) is -5.26. The van der Waals surface area contributed by atoms with Gasteiger partial charge in [0.25, 0.3) is 0 Å². The molecule has 0 unspecified atom stereocenters. The Labute approximate surface area is 141 Å². The normalized spacial score (nSPS) is 10.9. The first-order valence-electron chi connectivity index (χ1n) is 6.96. The van der Waals surface area contributed by atoms with Gasteiger partial charge in [-0.3, -0.25) is 24.0 Å². The molecule has 25 heavy (non-hydrogen) atoms. The van der Waals surface area contributed by atoms with Crippen LogP contribution in [-0.4, -0.2) is 72.8 Å². The third kappa shape index (κ3) is 11.0. The molecule has 0 bridgehead atoms. The van der Waals surface area contributed by atoms with Crippen LogP contribution in [0.4, 0.5) is 0 Å². The van der Waals surface area contributed by atoms with Gasteiger partial charge in [-0.2, -0.15) is 0 Å². The number of primary amides is 1. The molecule has 0 aliphatic heterocycles. The highest BCUT2D eigenvalue weighted by atomic mass is 16.4. The number of hydrogen-bond acceptors (Lipinski definition) is 7. The second-order valence-electron chi connectivity index (χ2n) is 4.66. The highest BCUT2D eigenvalue weighted by molar-refractivity contribution is 5.92. The molecule has 1 atom stereocenters. The van der Waals surface area contributed by atoms with Crippen molar-refractivity contribution in [3.05, 3.63) is 0 Å². The van der Waals surface area contributed by atoms with Crippen molar-refractivity contribution >= 4 is 35.5 Å². The first-order valence-corrected chi connectivity index (χ1v) is 6.96. The van der Waals surface area contributed by atoms with E-state index in [1.54, 1.807) is 0 Å². The summed E-state index contributed by atoms with van der Waals surface area (Å²) in [5.41, 5.74) is 9.87. The minimum Gasteiger partial charge on any atom is -0.480 e. The largest absolute Gasteiger partial charge is 0.480 e. The molecule has 140 valence electrons. The molecule has 0 fully saturated rings. The Morgan fingerprint density at radius 3 is 1.64 bits per heavy atom. The van der Waals surface area contributed by atoms with Crippen molar-refractivity contribution in [3.63, 3.8) is 0 Å².